The number of thiazole rings is 1. The van der Waals surface area contributed by atoms with Crippen molar-refractivity contribution in [3.63, 3.8) is 0 Å². The number of hydrogen-bond donors (Lipinski definition) is 3. The van der Waals surface area contributed by atoms with E-state index in [2.05, 4.69) is 39.4 Å². The fourth-order valence-corrected chi connectivity index (χ4v) is 3.80. The minimum Gasteiger partial charge on any atom is -0.361 e. The van der Waals surface area contributed by atoms with E-state index in [1.807, 2.05) is 31.3 Å². The Balaban J connectivity index is 0.00000261. The highest BCUT2D eigenvalue weighted by Crippen LogP contribution is 2.22. The van der Waals surface area contributed by atoms with Gasteiger partial charge in [-0.2, -0.15) is 0 Å². The summed E-state index contributed by atoms with van der Waals surface area (Å²) in [4.78, 5) is 13.7. The standard InChI is InChI=1S/C19H24ClN5S.HI/c1-4-21-19(24-11-18-25-12(2)13(3)26-18)22-8-7-14-10-23-17-6-5-15(20)9-16(14)17;/h5-6,9-10,23H,4,7-8,11H2,1-3H3,(H2,21,22,24);1H. The summed E-state index contributed by atoms with van der Waals surface area (Å²) < 4.78 is 0. The molecule has 0 radical (unpaired) electrons. The van der Waals surface area contributed by atoms with Gasteiger partial charge in [0.05, 0.1) is 12.2 Å². The Bertz CT molecular complexity index is 899. The van der Waals surface area contributed by atoms with Gasteiger partial charge in [-0.05, 0) is 51.0 Å². The second-order valence-electron chi connectivity index (χ2n) is 6.12. The van der Waals surface area contributed by atoms with Crippen molar-refractivity contribution < 1.29 is 0 Å². The molecule has 5 nitrogen and oxygen atoms in total. The van der Waals surface area contributed by atoms with Gasteiger partial charge in [0.1, 0.15) is 5.01 Å². The number of aryl methyl sites for hydroxylation is 2. The number of nitrogens with zero attached hydrogens (tertiary/aromatic N) is 2. The Morgan fingerprint density at radius 3 is 2.81 bits per heavy atom. The number of aliphatic imine (C=N–C) groups is 1. The van der Waals surface area contributed by atoms with Crippen LogP contribution in [0.3, 0.4) is 0 Å². The van der Waals surface area contributed by atoms with E-state index < -0.39 is 0 Å². The summed E-state index contributed by atoms with van der Waals surface area (Å²) in [6.07, 6.45) is 2.94. The van der Waals surface area contributed by atoms with Crippen molar-refractivity contribution in [2.75, 3.05) is 13.1 Å². The zero-order chi connectivity index (χ0) is 18.5. The summed E-state index contributed by atoms with van der Waals surface area (Å²) in [6, 6.07) is 5.92. The Kier molecular flexibility index (Phi) is 8.37. The van der Waals surface area contributed by atoms with Gasteiger partial charge in [0.15, 0.2) is 5.96 Å². The van der Waals surface area contributed by atoms with Crippen LogP contribution in [0.2, 0.25) is 5.02 Å². The van der Waals surface area contributed by atoms with E-state index in [0.29, 0.717) is 6.54 Å². The quantitative estimate of drug-likeness (QED) is 0.250. The Morgan fingerprint density at radius 2 is 2.11 bits per heavy atom. The molecule has 27 heavy (non-hydrogen) atoms. The topological polar surface area (TPSA) is 65.1 Å². The lowest BCUT2D eigenvalue weighted by atomic mass is 10.1. The van der Waals surface area contributed by atoms with E-state index in [0.717, 1.165) is 46.7 Å². The van der Waals surface area contributed by atoms with Crippen molar-refractivity contribution in [1.29, 1.82) is 0 Å². The lowest BCUT2D eigenvalue weighted by molar-refractivity contribution is 0.800. The van der Waals surface area contributed by atoms with Gasteiger partial charge >= 0.3 is 0 Å². The fraction of sp³-hybridized carbons (Fsp3) is 0.368. The Morgan fingerprint density at radius 1 is 1.30 bits per heavy atom. The molecule has 0 spiro atoms. The van der Waals surface area contributed by atoms with Crippen LogP contribution < -0.4 is 10.6 Å². The molecular weight excluding hydrogens is 493 g/mol. The zero-order valence-corrected chi connectivity index (χ0v) is 19.6. The predicted octanol–water partition coefficient (Wildman–Crippen LogP) is 4.81. The number of nitrogens with one attached hydrogen (secondary N) is 3. The van der Waals surface area contributed by atoms with Gasteiger partial charge in [0, 0.05) is 40.1 Å². The molecule has 0 amide bonds. The number of rotatable bonds is 6. The molecule has 2 heterocycles. The molecule has 146 valence electrons. The van der Waals surface area contributed by atoms with E-state index in [1.54, 1.807) is 11.3 Å². The van der Waals surface area contributed by atoms with Crippen molar-refractivity contribution in [2.45, 2.75) is 33.7 Å². The first kappa shape index (κ1) is 22.0. The number of fused-ring (bicyclic) bond motifs is 1. The zero-order valence-electron chi connectivity index (χ0n) is 15.7. The lowest BCUT2D eigenvalue weighted by Crippen LogP contribution is -2.38. The number of benzene rings is 1. The van der Waals surface area contributed by atoms with Crippen LogP contribution in [-0.2, 0) is 13.0 Å². The Hall–Kier alpha value is -1.32. The number of aromatic amines is 1. The molecule has 3 aromatic rings. The number of H-pyrrole nitrogens is 1. The molecule has 0 aliphatic carbocycles. The third-order valence-corrected chi connectivity index (χ3v) is 5.50. The summed E-state index contributed by atoms with van der Waals surface area (Å²) in [5.41, 5.74) is 3.45. The lowest BCUT2D eigenvalue weighted by Gasteiger charge is -2.10. The molecule has 0 unspecified atom stereocenters. The largest absolute Gasteiger partial charge is 0.361 e. The van der Waals surface area contributed by atoms with Gasteiger partial charge in [-0.15, -0.1) is 35.3 Å². The molecule has 0 saturated carbocycles. The van der Waals surface area contributed by atoms with Gasteiger partial charge in [0.2, 0.25) is 0 Å². The normalized spacial score (nSPS) is 11.5. The number of aromatic nitrogens is 2. The smallest absolute Gasteiger partial charge is 0.191 e. The summed E-state index contributed by atoms with van der Waals surface area (Å²) in [5.74, 6) is 0.816. The maximum atomic E-state index is 6.12. The molecule has 1 aromatic carbocycles. The van der Waals surface area contributed by atoms with Crippen molar-refractivity contribution >= 4 is 63.8 Å². The van der Waals surface area contributed by atoms with Crippen LogP contribution in [0.25, 0.3) is 10.9 Å². The number of hydrogen-bond acceptors (Lipinski definition) is 3. The molecule has 0 atom stereocenters. The van der Waals surface area contributed by atoms with E-state index in [1.165, 1.54) is 15.8 Å². The van der Waals surface area contributed by atoms with Crippen LogP contribution in [0.4, 0.5) is 0 Å². The monoisotopic (exact) mass is 517 g/mol. The van der Waals surface area contributed by atoms with Gasteiger partial charge in [0.25, 0.3) is 0 Å². The van der Waals surface area contributed by atoms with Crippen LogP contribution in [0, 0.1) is 13.8 Å². The van der Waals surface area contributed by atoms with Crippen molar-refractivity contribution in [3.05, 3.63) is 50.6 Å². The van der Waals surface area contributed by atoms with Gasteiger partial charge < -0.3 is 15.6 Å². The van der Waals surface area contributed by atoms with Gasteiger partial charge in [-0.3, -0.25) is 0 Å². The molecule has 0 saturated heterocycles. The van der Waals surface area contributed by atoms with E-state index >= 15 is 0 Å². The van der Waals surface area contributed by atoms with Crippen LogP contribution in [0.5, 0.6) is 0 Å². The molecule has 2 aromatic heterocycles. The number of halogens is 2. The molecule has 3 rings (SSSR count). The molecule has 0 aliphatic heterocycles. The molecule has 3 N–H and O–H groups in total. The van der Waals surface area contributed by atoms with Crippen molar-refractivity contribution in [3.8, 4) is 0 Å². The second kappa shape index (κ2) is 10.3. The van der Waals surface area contributed by atoms with Gasteiger partial charge in [-0.25, -0.2) is 9.98 Å². The molecular formula is C19H25ClIN5S. The van der Waals surface area contributed by atoms with E-state index in [4.69, 9.17) is 11.6 Å². The molecule has 0 bridgehead atoms. The first-order chi connectivity index (χ1) is 12.6. The summed E-state index contributed by atoms with van der Waals surface area (Å²) in [5, 5.41) is 9.67. The molecule has 0 aliphatic rings. The van der Waals surface area contributed by atoms with E-state index in [9.17, 15) is 0 Å². The highest BCUT2D eigenvalue weighted by molar-refractivity contribution is 14.0. The average molecular weight is 518 g/mol. The summed E-state index contributed by atoms with van der Waals surface area (Å²) in [6.45, 7) is 8.41. The van der Waals surface area contributed by atoms with Crippen molar-refractivity contribution in [2.24, 2.45) is 4.99 Å². The van der Waals surface area contributed by atoms with E-state index in [-0.39, 0.29) is 24.0 Å². The highest BCUT2D eigenvalue weighted by Gasteiger charge is 2.06. The summed E-state index contributed by atoms with van der Waals surface area (Å²) >= 11 is 7.83. The number of guanidine groups is 1. The van der Waals surface area contributed by atoms with Gasteiger partial charge in [-0.1, -0.05) is 11.6 Å². The third kappa shape index (κ3) is 5.83. The first-order valence-corrected chi connectivity index (χ1v) is 9.97. The van der Waals surface area contributed by atoms with Crippen molar-refractivity contribution in [1.82, 2.24) is 20.6 Å². The Labute approximate surface area is 186 Å². The van der Waals surface area contributed by atoms with Crippen LogP contribution >= 0.6 is 46.9 Å². The SMILES string of the molecule is CCNC(=NCc1nc(C)c(C)s1)NCCc1c[nH]c2ccc(Cl)cc12.I. The maximum absolute atomic E-state index is 6.12. The average Bonchev–Trinajstić information content (AvgIpc) is 3.15. The minimum absolute atomic E-state index is 0. The van der Waals surface area contributed by atoms with Crippen LogP contribution in [0.15, 0.2) is 29.4 Å². The highest BCUT2D eigenvalue weighted by atomic mass is 127. The third-order valence-electron chi connectivity index (χ3n) is 4.21. The van der Waals surface area contributed by atoms with Crippen LogP contribution in [-0.4, -0.2) is 29.0 Å². The molecule has 0 fully saturated rings. The maximum Gasteiger partial charge on any atom is 0.191 e. The minimum atomic E-state index is 0. The second-order valence-corrected chi connectivity index (χ2v) is 7.85. The fourth-order valence-electron chi connectivity index (χ4n) is 2.77. The summed E-state index contributed by atoms with van der Waals surface area (Å²) in [7, 11) is 0. The predicted molar refractivity (Wildman–Crippen MR) is 127 cm³/mol. The first-order valence-electron chi connectivity index (χ1n) is 8.77. The van der Waals surface area contributed by atoms with Crippen LogP contribution in [0.1, 0.15) is 28.1 Å². The molecule has 8 heteroatoms.